The number of rotatable bonds is 19. The molecule has 4 aromatic carbocycles. The molecule has 56 heavy (non-hydrogen) atoms. The van der Waals surface area contributed by atoms with Crippen molar-refractivity contribution >= 4 is 27.3 Å². The molecule has 7 rings (SSSR count). The number of fused-ring (bicyclic) bond motifs is 1. The van der Waals surface area contributed by atoms with E-state index in [-0.39, 0.29) is 6.10 Å². The van der Waals surface area contributed by atoms with E-state index in [9.17, 15) is 0 Å². The van der Waals surface area contributed by atoms with Gasteiger partial charge in [-0.3, -0.25) is 0 Å². The van der Waals surface area contributed by atoms with Crippen LogP contribution in [0.2, 0.25) is 0 Å². The first-order valence-electron chi connectivity index (χ1n) is 19.4. The molecule has 0 aliphatic carbocycles. The third kappa shape index (κ3) is 9.66. The van der Waals surface area contributed by atoms with Crippen LogP contribution in [0, 0.1) is 0 Å². The standard InChI is InChI=1S/C44H52N4O7S/c1-49-37-18-15-32(38-30-36(46-55-38)33-28-40(50-2)43(52-4)41(29-33)51-3)27-39(37)54-26-10-8-20-48-23-21-47(22-24-48)19-7-9-25-53-34-16-13-31(14-17-34)44-45-35-11-5-6-12-42(35)56-44/h5-6,11-18,27-29,38H,7-10,19-26,30H2,1-4H3. The number of methoxy groups -OCH3 is 4. The average molecular weight is 781 g/mol. The second-order valence-electron chi connectivity index (χ2n) is 14.0. The van der Waals surface area contributed by atoms with Crippen molar-refractivity contribution in [2.45, 2.75) is 38.2 Å². The van der Waals surface area contributed by atoms with Gasteiger partial charge in [-0.25, -0.2) is 4.98 Å². The van der Waals surface area contributed by atoms with Gasteiger partial charge in [-0.15, -0.1) is 11.3 Å². The van der Waals surface area contributed by atoms with Crippen molar-refractivity contribution in [1.82, 2.24) is 14.8 Å². The number of hydrogen-bond donors (Lipinski definition) is 0. The maximum Gasteiger partial charge on any atom is 0.203 e. The lowest BCUT2D eigenvalue weighted by Gasteiger charge is -2.34. The number of hydrogen-bond acceptors (Lipinski definition) is 12. The molecule has 0 amide bonds. The number of benzene rings is 4. The molecular weight excluding hydrogens is 729 g/mol. The Kier molecular flexibility index (Phi) is 13.4. The summed E-state index contributed by atoms with van der Waals surface area (Å²) in [6.45, 7) is 7.99. The Bertz CT molecular complexity index is 2000. The summed E-state index contributed by atoms with van der Waals surface area (Å²) < 4.78 is 35.7. The highest BCUT2D eigenvalue weighted by Crippen LogP contribution is 2.41. The molecule has 1 aromatic heterocycles. The lowest BCUT2D eigenvalue weighted by atomic mass is 9.99. The van der Waals surface area contributed by atoms with E-state index in [4.69, 9.17) is 38.2 Å². The predicted molar refractivity (Wildman–Crippen MR) is 221 cm³/mol. The second-order valence-corrected chi connectivity index (χ2v) is 15.0. The van der Waals surface area contributed by atoms with Gasteiger partial charge in [0.25, 0.3) is 0 Å². The first-order chi connectivity index (χ1) is 27.5. The molecule has 3 heterocycles. The fourth-order valence-electron chi connectivity index (χ4n) is 7.15. The van der Waals surface area contributed by atoms with Gasteiger partial charge in [0, 0.05) is 43.7 Å². The highest BCUT2D eigenvalue weighted by Gasteiger charge is 2.27. The van der Waals surface area contributed by atoms with Crippen LogP contribution in [-0.2, 0) is 4.84 Å². The van der Waals surface area contributed by atoms with Crippen LogP contribution >= 0.6 is 11.3 Å². The average Bonchev–Trinajstić information content (AvgIpc) is 3.92. The van der Waals surface area contributed by atoms with Crippen molar-refractivity contribution in [1.29, 1.82) is 0 Å². The van der Waals surface area contributed by atoms with E-state index in [1.807, 2.05) is 36.4 Å². The Morgan fingerprint density at radius 2 is 1.32 bits per heavy atom. The summed E-state index contributed by atoms with van der Waals surface area (Å²) in [5.41, 5.74) is 4.82. The van der Waals surface area contributed by atoms with Crippen LogP contribution in [0.5, 0.6) is 34.5 Å². The summed E-state index contributed by atoms with van der Waals surface area (Å²) in [6.07, 6.45) is 4.58. The van der Waals surface area contributed by atoms with Crippen LogP contribution in [0.1, 0.15) is 49.3 Å². The molecule has 2 aliphatic rings. The van der Waals surface area contributed by atoms with E-state index in [2.05, 4.69) is 57.4 Å². The molecule has 0 radical (unpaired) electrons. The van der Waals surface area contributed by atoms with E-state index < -0.39 is 0 Å². The zero-order valence-corrected chi connectivity index (χ0v) is 33.6. The van der Waals surface area contributed by atoms with Crippen molar-refractivity contribution < 1.29 is 33.3 Å². The SMILES string of the molecule is COc1ccc(C2CC(c3cc(OC)c(OC)c(OC)c3)=NO2)cc1OCCCCN1CCN(CCCCOc2ccc(-c3nc4ccccc4s3)cc2)CC1. The number of para-hydroxylation sites is 1. The van der Waals surface area contributed by atoms with Gasteiger partial charge in [0.2, 0.25) is 5.75 Å². The van der Waals surface area contributed by atoms with Crippen molar-refractivity contribution in [3.8, 4) is 45.1 Å². The van der Waals surface area contributed by atoms with Gasteiger partial charge < -0.3 is 43.1 Å². The van der Waals surface area contributed by atoms with Crippen LogP contribution in [0.3, 0.4) is 0 Å². The minimum absolute atomic E-state index is 0.246. The quantitative estimate of drug-likeness (QED) is 0.0760. The van der Waals surface area contributed by atoms with E-state index >= 15 is 0 Å². The Labute approximate surface area is 333 Å². The summed E-state index contributed by atoms with van der Waals surface area (Å²) in [4.78, 5) is 15.8. The summed E-state index contributed by atoms with van der Waals surface area (Å²) in [5, 5.41) is 5.45. The lowest BCUT2D eigenvalue weighted by Crippen LogP contribution is -2.46. The van der Waals surface area contributed by atoms with Crippen molar-refractivity contribution in [3.05, 3.63) is 90.0 Å². The smallest absolute Gasteiger partial charge is 0.203 e. The minimum atomic E-state index is -0.246. The molecule has 296 valence electrons. The molecular formula is C44H52N4O7S. The van der Waals surface area contributed by atoms with Gasteiger partial charge in [0.15, 0.2) is 29.1 Å². The topological polar surface area (TPSA) is 96.3 Å². The maximum absolute atomic E-state index is 6.25. The number of nitrogens with zero attached hydrogens (tertiary/aromatic N) is 4. The molecule has 1 fully saturated rings. The number of piperazine rings is 1. The Balaban J connectivity index is 0.772. The molecule has 0 saturated carbocycles. The van der Waals surface area contributed by atoms with E-state index in [0.29, 0.717) is 41.8 Å². The van der Waals surface area contributed by atoms with Gasteiger partial charge in [0.1, 0.15) is 10.8 Å². The molecule has 12 heteroatoms. The zero-order valence-electron chi connectivity index (χ0n) is 32.8. The highest BCUT2D eigenvalue weighted by atomic mass is 32.1. The molecule has 1 unspecified atom stereocenters. The monoisotopic (exact) mass is 780 g/mol. The third-order valence-corrected chi connectivity index (χ3v) is 11.4. The molecule has 0 spiro atoms. The van der Waals surface area contributed by atoms with Crippen LogP contribution in [0.25, 0.3) is 20.8 Å². The van der Waals surface area contributed by atoms with Crippen LogP contribution < -0.4 is 28.4 Å². The third-order valence-electron chi connectivity index (χ3n) is 10.4. The predicted octanol–water partition coefficient (Wildman–Crippen LogP) is 8.50. The number of aromatic nitrogens is 1. The Hall–Kier alpha value is -5.04. The molecule has 0 N–H and O–H groups in total. The van der Waals surface area contributed by atoms with Gasteiger partial charge in [0.05, 0.1) is 57.6 Å². The van der Waals surface area contributed by atoms with Gasteiger partial charge in [-0.05, 0) is 105 Å². The molecule has 1 atom stereocenters. The normalized spacial score (nSPS) is 16.0. The number of oxime groups is 1. The van der Waals surface area contributed by atoms with Gasteiger partial charge >= 0.3 is 0 Å². The van der Waals surface area contributed by atoms with Crippen molar-refractivity contribution in [2.75, 3.05) is 80.9 Å². The maximum atomic E-state index is 6.25. The van der Waals surface area contributed by atoms with Crippen LogP contribution in [0.4, 0.5) is 0 Å². The molecule has 1 saturated heterocycles. The Morgan fingerprint density at radius 3 is 1.96 bits per heavy atom. The summed E-state index contributed by atoms with van der Waals surface area (Å²) in [5.74, 6) is 4.02. The van der Waals surface area contributed by atoms with Crippen molar-refractivity contribution in [2.24, 2.45) is 5.16 Å². The second kappa shape index (κ2) is 19.2. The molecule has 2 aliphatic heterocycles. The molecule has 0 bridgehead atoms. The first-order valence-corrected chi connectivity index (χ1v) is 20.2. The van der Waals surface area contributed by atoms with E-state index in [1.165, 1.54) is 4.70 Å². The number of ether oxygens (including phenoxy) is 6. The number of thiazole rings is 1. The van der Waals surface area contributed by atoms with Gasteiger partial charge in [-0.1, -0.05) is 23.4 Å². The fraction of sp³-hybridized carbons (Fsp3) is 0.409. The highest BCUT2D eigenvalue weighted by molar-refractivity contribution is 7.21. The van der Waals surface area contributed by atoms with E-state index in [1.54, 1.807) is 39.8 Å². The molecule has 5 aromatic rings. The largest absolute Gasteiger partial charge is 0.494 e. The van der Waals surface area contributed by atoms with Crippen LogP contribution in [-0.4, -0.2) is 101 Å². The fourth-order valence-corrected chi connectivity index (χ4v) is 8.12. The number of unbranched alkanes of at least 4 members (excludes halogenated alkanes) is 2. The molecule has 11 nitrogen and oxygen atoms in total. The first kappa shape index (κ1) is 39.2. The van der Waals surface area contributed by atoms with Crippen molar-refractivity contribution in [3.63, 3.8) is 0 Å². The summed E-state index contributed by atoms with van der Waals surface area (Å²) >= 11 is 1.72. The lowest BCUT2D eigenvalue weighted by molar-refractivity contribution is 0.0854. The zero-order chi connectivity index (χ0) is 38.7. The summed E-state index contributed by atoms with van der Waals surface area (Å²) in [6, 6.07) is 26.3. The summed E-state index contributed by atoms with van der Waals surface area (Å²) in [7, 11) is 6.46. The Morgan fingerprint density at radius 1 is 0.661 bits per heavy atom. The van der Waals surface area contributed by atoms with E-state index in [0.717, 1.165) is 110 Å². The van der Waals surface area contributed by atoms with Gasteiger partial charge in [-0.2, -0.15) is 0 Å². The minimum Gasteiger partial charge on any atom is -0.494 e. The van der Waals surface area contributed by atoms with Crippen LogP contribution in [0.15, 0.2) is 84.0 Å².